The normalized spacial score (nSPS) is 15.9. The number of benzene rings is 1. The molecular formula is C19H19F3N6. The van der Waals surface area contributed by atoms with Crippen molar-refractivity contribution in [3.05, 3.63) is 42.1 Å². The molecule has 28 heavy (non-hydrogen) atoms. The van der Waals surface area contributed by atoms with Gasteiger partial charge in [-0.2, -0.15) is 18.2 Å². The quantitative estimate of drug-likeness (QED) is 0.728. The topological polar surface area (TPSA) is 71.2 Å². The molecule has 0 saturated carbocycles. The Morgan fingerprint density at radius 3 is 2.43 bits per heavy atom. The molecule has 1 fully saturated rings. The van der Waals surface area contributed by atoms with Crippen LogP contribution in [0.15, 0.2) is 36.5 Å². The fraction of sp³-hybridized carbons (Fsp3) is 0.316. The Morgan fingerprint density at radius 1 is 1.00 bits per heavy atom. The molecule has 4 rings (SSSR count). The van der Waals surface area contributed by atoms with Crippen LogP contribution in [0.1, 0.15) is 5.56 Å². The largest absolute Gasteiger partial charge is 0.417 e. The van der Waals surface area contributed by atoms with E-state index in [-0.39, 0.29) is 11.5 Å². The van der Waals surface area contributed by atoms with Crippen LogP contribution in [0.25, 0.3) is 22.2 Å². The molecule has 1 aliphatic heterocycles. The van der Waals surface area contributed by atoms with Gasteiger partial charge in [-0.1, -0.05) is 18.2 Å². The lowest BCUT2D eigenvalue weighted by atomic mass is 9.98. The second-order valence-corrected chi connectivity index (χ2v) is 6.83. The maximum atomic E-state index is 13.6. The summed E-state index contributed by atoms with van der Waals surface area (Å²) in [4.78, 5) is 16.9. The fourth-order valence-electron chi connectivity index (χ4n) is 3.39. The van der Waals surface area contributed by atoms with Crippen LogP contribution in [0.5, 0.6) is 0 Å². The molecule has 1 saturated heterocycles. The van der Waals surface area contributed by atoms with Gasteiger partial charge in [0.2, 0.25) is 5.95 Å². The van der Waals surface area contributed by atoms with Crippen molar-refractivity contribution in [2.45, 2.75) is 6.18 Å². The number of hydrogen-bond acceptors (Lipinski definition) is 6. The highest BCUT2D eigenvalue weighted by Gasteiger charge is 2.34. The highest BCUT2D eigenvalue weighted by atomic mass is 19.4. The predicted molar refractivity (Wildman–Crippen MR) is 102 cm³/mol. The number of nitrogens with two attached hydrogens (primary N) is 1. The number of aromatic nitrogens is 3. The van der Waals surface area contributed by atoms with Crippen molar-refractivity contribution in [3.63, 3.8) is 0 Å². The van der Waals surface area contributed by atoms with E-state index in [4.69, 9.17) is 5.73 Å². The molecule has 2 N–H and O–H groups in total. The molecule has 0 atom stereocenters. The summed E-state index contributed by atoms with van der Waals surface area (Å²) in [5, 5.41) is 0.541. The van der Waals surface area contributed by atoms with Gasteiger partial charge in [0.25, 0.3) is 0 Å². The van der Waals surface area contributed by atoms with Gasteiger partial charge in [-0.25, -0.2) is 9.97 Å². The van der Waals surface area contributed by atoms with E-state index in [0.29, 0.717) is 35.5 Å². The van der Waals surface area contributed by atoms with Gasteiger partial charge >= 0.3 is 6.18 Å². The van der Waals surface area contributed by atoms with E-state index in [2.05, 4.69) is 19.9 Å². The van der Waals surface area contributed by atoms with Gasteiger partial charge in [-0.15, -0.1) is 0 Å². The molecule has 1 aliphatic rings. The number of piperazine rings is 1. The summed E-state index contributed by atoms with van der Waals surface area (Å²) in [6.45, 7) is 2.92. The molecule has 146 valence electrons. The van der Waals surface area contributed by atoms with Crippen LogP contribution < -0.4 is 10.6 Å². The standard InChI is InChI=1S/C19H19F3N6/c1-27-6-8-28(9-7-27)17-14(10-12-11-24-18(23)26-16(12)25-17)13-4-2-3-5-15(13)19(20,21)22/h2-5,10-11H,6-9H2,1H3,(H2,23,24,25,26). The number of halogens is 3. The van der Waals surface area contributed by atoms with E-state index in [9.17, 15) is 13.2 Å². The molecule has 0 amide bonds. The summed E-state index contributed by atoms with van der Waals surface area (Å²) in [7, 11) is 2.01. The van der Waals surface area contributed by atoms with E-state index in [0.717, 1.165) is 19.2 Å². The zero-order valence-corrected chi connectivity index (χ0v) is 15.2. The summed E-state index contributed by atoms with van der Waals surface area (Å²) in [6, 6.07) is 7.22. The van der Waals surface area contributed by atoms with Crippen molar-refractivity contribution in [3.8, 4) is 11.1 Å². The predicted octanol–water partition coefficient (Wildman–Crippen LogP) is 3.04. The van der Waals surface area contributed by atoms with Gasteiger partial charge in [0.1, 0.15) is 5.82 Å². The van der Waals surface area contributed by atoms with Gasteiger partial charge in [0.15, 0.2) is 5.65 Å². The first-order valence-corrected chi connectivity index (χ1v) is 8.86. The van der Waals surface area contributed by atoms with E-state index >= 15 is 0 Å². The Morgan fingerprint density at radius 2 is 1.71 bits per heavy atom. The highest BCUT2D eigenvalue weighted by molar-refractivity contribution is 5.89. The summed E-state index contributed by atoms with van der Waals surface area (Å²) < 4.78 is 40.9. The van der Waals surface area contributed by atoms with Crippen molar-refractivity contribution < 1.29 is 13.2 Å². The zero-order valence-electron chi connectivity index (χ0n) is 15.2. The van der Waals surface area contributed by atoms with Crippen LogP contribution in [0.4, 0.5) is 24.9 Å². The summed E-state index contributed by atoms with van der Waals surface area (Å²) >= 11 is 0. The fourth-order valence-corrected chi connectivity index (χ4v) is 3.39. The number of anilines is 2. The number of rotatable bonds is 2. The van der Waals surface area contributed by atoms with Crippen LogP contribution >= 0.6 is 0 Å². The monoisotopic (exact) mass is 388 g/mol. The minimum atomic E-state index is -4.47. The molecule has 3 aromatic rings. The lowest BCUT2D eigenvalue weighted by Crippen LogP contribution is -2.45. The van der Waals surface area contributed by atoms with Crippen molar-refractivity contribution in [1.29, 1.82) is 0 Å². The van der Waals surface area contributed by atoms with Crippen LogP contribution in [-0.2, 0) is 6.18 Å². The third-order valence-electron chi connectivity index (χ3n) is 4.89. The minimum absolute atomic E-state index is 0.0766. The molecule has 6 nitrogen and oxygen atoms in total. The molecule has 1 aromatic carbocycles. The maximum Gasteiger partial charge on any atom is 0.417 e. The van der Waals surface area contributed by atoms with E-state index in [1.165, 1.54) is 18.3 Å². The Kier molecular flexibility index (Phi) is 4.54. The summed E-state index contributed by atoms with van der Waals surface area (Å²) in [6.07, 6.45) is -2.99. The van der Waals surface area contributed by atoms with Gasteiger partial charge in [-0.05, 0) is 24.7 Å². The Bertz CT molecular complexity index is 1010. The molecule has 0 radical (unpaired) electrons. The third kappa shape index (κ3) is 3.45. The third-order valence-corrected chi connectivity index (χ3v) is 4.89. The van der Waals surface area contributed by atoms with Crippen LogP contribution in [0.2, 0.25) is 0 Å². The zero-order chi connectivity index (χ0) is 19.9. The second kappa shape index (κ2) is 6.90. The number of fused-ring (bicyclic) bond motifs is 1. The van der Waals surface area contributed by atoms with Gasteiger partial charge in [-0.3, -0.25) is 0 Å². The number of alkyl halides is 3. The van der Waals surface area contributed by atoms with Crippen molar-refractivity contribution in [2.75, 3.05) is 43.9 Å². The Hall–Kier alpha value is -2.94. The number of nitrogen functional groups attached to an aromatic ring is 1. The van der Waals surface area contributed by atoms with Gasteiger partial charge in [0.05, 0.1) is 5.56 Å². The lowest BCUT2D eigenvalue weighted by Gasteiger charge is -2.34. The average Bonchev–Trinajstić information content (AvgIpc) is 2.67. The molecule has 0 aliphatic carbocycles. The molecule has 9 heteroatoms. The van der Waals surface area contributed by atoms with Crippen molar-refractivity contribution >= 4 is 22.8 Å². The number of likely N-dealkylation sites (N-methyl/N-ethyl adjacent to an activating group) is 1. The lowest BCUT2D eigenvalue weighted by molar-refractivity contribution is -0.137. The smallest absolute Gasteiger partial charge is 0.368 e. The molecule has 3 heterocycles. The Balaban J connectivity index is 1.94. The number of nitrogens with zero attached hydrogens (tertiary/aromatic N) is 5. The first-order valence-electron chi connectivity index (χ1n) is 8.86. The van der Waals surface area contributed by atoms with E-state index in [1.54, 1.807) is 12.1 Å². The average molecular weight is 388 g/mol. The number of pyridine rings is 1. The van der Waals surface area contributed by atoms with E-state index in [1.807, 2.05) is 11.9 Å². The van der Waals surface area contributed by atoms with Crippen LogP contribution in [0.3, 0.4) is 0 Å². The van der Waals surface area contributed by atoms with E-state index < -0.39 is 11.7 Å². The molecule has 2 aromatic heterocycles. The van der Waals surface area contributed by atoms with Gasteiger partial charge in [0, 0.05) is 43.3 Å². The summed E-state index contributed by atoms with van der Waals surface area (Å²) in [5.41, 5.74) is 5.86. The second-order valence-electron chi connectivity index (χ2n) is 6.83. The van der Waals surface area contributed by atoms with Crippen molar-refractivity contribution in [2.24, 2.45) is 0 Å². The SMILES string of the molecule is CN1CCN(c2nc3nc(N)ncc3cc2-c2ccccc2C(F)(F)F)CC1. The van der Waals surface area contributed by atoms with Crippen LogP contribution in [-0.4, -0.2) is 53.1 Å². The summed E-state index contributed by atoms with van der Waals surface area (Å²) in [5.74, 6) is 0.558. The molecule has 0 spiro atoms. The number of hydrogen-bond donors (Lipinski definition) is 1. The molecular weight excluding hydrogens is 369 g/mol. The van der Waals surface area contributed by atoms with Crippen LogP contribution in [0, 0.1) is 0 Å². The Labute approximate surface area is 159 Å². The first kappa shape index (κ1) is 18.4. The maximum absolute atomic E-state index is 13.6. The highest BCUT2D eigenvalue weighted by Crippen LogP contribution is 2.41. The van der Waals surface area contributed by atoms with Gasteiger partial charge < -0.3 is 15.5 Å². The van der Waals surface area contributed by atoms with Crippen molar-refractivity contribution in [1.82, 2.24) is 19.9 Å². The molecule has 0 bridgehead atoms. The molecule has 0 unspecified atom stereocenters. The minimum Gasteiger partial charge on any atom is -0.368 e. The first-order chi connectivity index (χ1) is 13.3.